The molecule has 2 N–H and O–H groups in total. The summed E-state index contributed by atoms with van der Waals surface area (Å²) in [7, 11) is -3.43. The number of halogens is 1. The number of hydrogen-bond acceptors (Lipinski definition) is 4. The minimum absolute atomic E-state index is 0.214. The summed E-state index contributed by atoms with van der Waals surface area (Å²) in [5.41, 5.74) is 0. The van der Waals surface area contributed by atoms with Crippen LogP contribution in [0, 0.1) is 5.92 Å². The third-order valence-corrected chi connectivity index (χ3v) is 6.34. The lowest BCUT2D eigenvalue weighted by atomic mass is 9.88. The standard InChI is InChI=1S/C11H16ClNO3S2/c12-10-5-6-11(17-10)18(15,16)13-7-8-1-3-9(14)4-2-8/h5-6,8-9,13-14H,1-4,7H2. The summed E-state index contributed by atoms with van der Waals surface area (Å²) >= 11 is 6.79. The average molecular weight is 310 g/mol. The fourth-order valence-electron chi connectivity index (χ4n) is 2.09. The molecule has 1 aliphatic carbocycles. The van der Waals surface area contributed by atoms with Crippen molar-refractivity contribution in [2.24, 2.45) is 5.92 Å². The zero-order valence-electron chi connectivity index (χ0n) is 9.80. The molecule has 0 saturated heterocycles. The first kappa shape index (κ1) is 14.3. The molecule has 1 saturated carbocycles. The molecule has 0 atom stereocenters. The molecule has 0 spiro atoms. The number of aliphatic hydroxyl groups excluding tert-OH is 1. The third kappa shape index (κ3) is 3.68. The zero-order valence-corrected chi connectivity index (χ0v) is 12.2. The second-order valence-corrected chi connectivity index (χ2v) is 8.29. The minimum atomic E-state index is -3.43. The quantitative estimate of drug-likeness (QED) is 0.896. The van der Waals surface area contributed by atoms with Gasteiger partial charge in [-0.3, -0.25) is 0 Å². The van der Waals surface area contributed by atoms with Crippen LogP contribution in [0.3, 0.4) is 0 Å². The summed E-state index contributed by atoms with van der Waals surface area (Å²) in [6, 6.07) is 3.09. The molecule has 1 aromatic rings. The Labute approximate surface area is 116 Å². The molecule has 0 unspecified atom stereocenters. The van der Waals surface area contributed by atoms with Gasteiger partial charge in [0.15, 0.2) is 0 Å². The van der Waals surface area contributed by atoms with Crippen molar-refractivity contribution in [2.45, 2.75) is 36.0 Å². The van der Waals surface area contributed by atoms with Crippen LogP contribution in [0.1, 0.15) is 25.7 Å². The highest BCUT2D eigenvalue weighted by Gasteiger charge is 2.22. The van der Waals surface area contributed by atoms with Crippen molar-refractivity contribution in [3.63, 3.8) is 0 Å². The van der Waals surface area contributed by atoms with Gasteiger partial charge in [-0.2, -0.15) is 0 Å². The van der Waals surface area contributed by atoms with Crippen LogP contribution >= 0.6 is 22.9 Å². The van der Waals surface area contributed by atoms with Gasteiger partial charge < -0.3 is 5.11 Å². The molecule has 0 radical (unpaired) electrons. The molecule has 0 amide bonds. The van der Waals surface area contributed by atoms with Gasteiger partial charge in [0, 0.05) is 6.54 Å². The van der Waals surface area contributed by atoms with E-state index in [2.05, 4.69) is 4.72 Å². The number of sulfonamides is 1. The van der Waals surface area contributed by atoms with Crippen LogP contribution in [-0.2, 0) is 10.0 Å². The van der Waals surface area contributed by atoms with Crippen LogP contribution < -0.4 is 4.72 Å². The smallest absolute Gasteiger partial charge is 0.250 e. The Morgan fingerprint density at radius 3 is 2.56 bits per heavy atom. The van der Waals surface area contributed by atoms with E-state index in [0.29, 0.717) is 16.8 Å². The molecule has 0 aromatic carbocycles. The number of hydrogen-bond donors (Lipinski definition) is 2. The van der Waals surface area contributed by atoms with Crippen molar-refractivity contribution in [1.29, 1.82) is 0 Å². The molecule has 2 rings (SSSR count). The monoisotopic (exact) mass is 309 g/mol. The molecular weight excluding hydrogens is 294 g/mol. The largest absolute Gasteiger partial charge is 0.393 e. The van der Waals surface area contributed by atoms with E-state index in [0.717, 1.165) is 37.0 Å². The van der Waals surface area contributed by atoms with Crippen molar-refractivity contribution >= 4 is 33.0 Å². The lowest BCUT2D eigenvalue weighted by Gasteiger charge is -2.25. The van der Waals surface area contributed by atoms with Gasteiger partial charge in [-0.25, -0.2) is 13.1 Å². The van der Waals surface area contributed by atoms with E-state index in [1.807, 2.05) is 0 Å². The second kappa shape index (κ2) is 5.88. The van der Waals surface area contributed by atoms with Crippen LogP contribution in [0.2, 0.25) is 4.34 Å². The first-order valence-corrected chi connectivity index (χ1v) is 8.58. The third-order valence-electron chi connectivity index (χ3n) is 3.19. The Balaban J connectivity index is 1.90. The van der Waals surface area contributed by atoms with Crippen LogP contribution in [-0.4, -0.2) is 26.2 Å². The molecule has 18 heavy (non-hydrogen) atoms. The van der Waals surface area contributed by atoms with E-state index in [-0.39, 0.29) is 10.3 Å². The maximum atomic E-state index is 11.9. The molecule has 1 heterocycles. The maximum absolute atomic E-state index is 11.9. The van der Waals surface area contributed by atoms with Gasteiger partial charge in [-0.1, -0.05) is 11.6 Å². The van der Waals surface area contributed by atoms with E-state index in [9.17, 15) is 13.5 Å². The topological polar surface area (TPSA) is 66.4 Å². The first-order valence-electron chi connectivity index (χ1n) is 5.90. The van der Waals surface area contributed by atoms with Crippen LogP contribution in [0.5, 0.6) is 0 Å². The molecule has 0 aliphatic heterocycles. The number of thiophene rings is 1. The number of nitrogens with one attached hydrogen (secondary N) is 1. The Bertz CT molecular complexity index is 492. The highest BCUT2D eigenvalue weighted by Crippen LogP contribution is 2.27. The highest BCUT2D eigenvalue weighted by atomic mass is 35.5. The summed E-state index contributed by atoms with van der Waals surface area (Å²) in [4.78, 5) is 0. The molecular formula is C11H16ClNO3S2. The fraction of sp³-hybridized carbons (Fsp3) is 0.636. The van der Waals surface area contributed by atoms with Gasteiger partial charge in [0.1, 0.15) is 4.21 Å². The van der Waals surface area contributed by atoms with Crippen molar-refractivity contribution in [3.8, 4) is 0 Å². The van der Waals surface area contributed by atoms with Gasteiger partial charge >= 0.3 is 0 Å². The molecule has 102 valence electrons. The SMILES string of the molecule is O=S(=O)(NCC1CCC(O)CC1)c1ccc(Cl)s1. The lowest BCUT2D eigenvalue weighted by molar-refractivity contribution is 0.110. The maximum Gasteiger partial charge on any atom is 0.250 e. The molecule has 1 aromatic heterocycles. The lowest BCUT2D eigenvalue weighted by Crippen LogP contribution is -2.31. The van der Waals surface area contributed by atoms with Crippen LogP contribution in [0.4, 0.5) is 0 Å². The Morgan fingerprint density at radius 1 is 1.33 bits per heavy atom. The van der Waals surface area contributed by atoms with Crippen molar-refractivity contribution in [3.05, 3.63) is 16.5 Å². The Hall–Kier alpha value is -0.140. The number of rotatable bonds is 4. The molecule has 7 heteroatoms. The normalized spacial score (nSPS) is 25.2. The Kier molecular flexibility index (Phi) is 4.66. The van der Waals surface area contributed by atoms with Crippen molar-refractivity contribution in [1.82, 2.24) is 4.72 Å². The molecule has 0 bridgehead atoms. The predicted molar refractivity (Wildman–Crippen MR) is 72.5 cm³/mol. The second-order valence-electron chi connectivity index (χ2n) is 4.58. The van der Waals surface area contributed by atoms with Crippen molar-refractivity contribution in [2.75, 3.05) is 6.54 Å². The van der Waals surface area contributed by atoms with Gasteiger partial charge in [-0.05, 0) is 43.7 Å². The summed E-state index contributed by atoms with van der Waals surface area (Å²) < 4.78 is 27.2. The van der Waals surface area contributed by atoms with Crippen LogP contribution in [0.25, 0.3) is 0 Å². The predicted octanol–water partition coefficient (Wildman–Crippen LogP) is 2.23. The highest BCUT2D eigenvalue weighted by molar-refractivity contribution is 7.91. The van der Waals surface area contributed by atoms with Gasteiger partial charge in [0.05, 0.1) is 10.4 Å². The van der Waals surface area contributed by atoms with E-state index in [1.54, 1.807) is 6.07 Å². The van der Waals surface area contributed by atoms with Gasteiger partial charge in [-0.15, -0.1) is 11.3 Å². The number of aliphatic hydroxyl groups is 1. The minimum Gasteiger partial charge on any atom is -0.393 e. The fourth-order valence-corrected chi connectivity index (χ4v) is 4.73. The van der Waals surface area contributed by atoms with E-state index in [4.69, 9.17) is 11.6 Å². The summed E-state index contributed by atoms with van der Waals surface area (Å²) in [6.07, 6.45) is 3.05. The van der Waals surface area contributed by atoms with E-state index < -0.39 is 10.0 Å². The zero-order chi connectivity index (χ0) is 13.2. The van der Waals surface area contributed by atoms with E-state index in [1.165, 1.54) is 6.07 Å². The Morgan fingerprint density at radius 2 is 2.00 bits per heavy atom. The first-order chi connectivity index (χ1) is 8.47. The average Bonchev–Trinajstić information content (AvgIpc) is 2.76. The van der Waals surface area contributed by atoms with Crippen molar-refractivity contribution < 1.29 is 13.5 Å². The molecule has 4 nitrogen and oxygen atoms in total. The summed E-state index contributed by atoms with van der Waals surface area (Å²) in [5.74, 6) is 0.318. The summed E-state index contributed by atoms with van der Waals surface area (Å²) in [6.45, 7) is 0.435. The van der Waals surface area contributed by atoms with E-state index >= 15 is 0 Å². The van der Waals surface area contributed by atoms with Crippen LogP contribution in [0.15, 0.2) is 16.3 Å². The summed E-state index contributed by atoms with van der Waals surface area (Å²) in [5, 5.41) is 9.38. The molecule has 1 fully saturated rings. The van der Waals surface area contributed by atoms with Gasteiger partial charge in [0.2, 0.25) is 10.0 Å². The van der Waals surface area contributed by atoms with Gasteiger partial charge in [0.25, 0.3) is 0 Å². The molecule has 1 aliphatic rings.